The summed E-state index contributed by atoms with van der Waals surface area (Å²) in [4.78, 5) is 13.5. The van der Waals surface area contributed by atoms with E-state index in [4.69, 9.17) is 16.3 Å². The molecule has 3 aromatic heterocycles. The van der Waals surface area contributed by atoms with Gasteiger partial charge in [0, 0.05) is 18.8 Å². The Balaban J connectivity index is 1.68. The third-order valence-corrected chi connectivity index (χ3v) is 4.22. The fourth-order valence-electron chi connectivity index (χ4n) is 2.65. The van der Waals surface area contributed by atoms with Crippen molar-refractivity contribution in [1.29, 1.82) is 0 Å². The number of hydrogen-bond donors (Lipinski definition) is 0. The van der Waals surface area contributed by atoms with E-state index < -0.39 is 18.2 Å². The lowest BCUT2D eigenvalue weighted by atomic mass is 10.1. The summed E-state index contributed by atoms with van der Waals surface area (Å²) >= 11 is 5.99. The minimum Gasteiger partial charge on any atom is -0.457 e. The van der Waals surface area contributed by atoms with E-state index >= 15 is 0 Å². The molecule has 0 fully saturated rings. The molecule has 4 aromatic rings. The summed E-state index contributed by atoms with van der Waals surface area (Å²) in [6.45, 7) is 0. The van der Waals surface area contributed by atoms with Crippen LogP contribution in [0.25, 0.3) is 22.4 Å². The summed E-state index contributed by atoms with van der Waals surface area (Å²) in [5, 5.41) is 7.72. The number of aromatic nitrogens is 6. The first-order chi connectivity index (χ1) is 13.8. The second-order valence-electron chi connectivity index (χ2n) is 6.04. The molecule has 0 radical (unpaired) electrons. The standard InChI is InChI=1S/C18H12ClF3N6O/c1-28-24-9-14(27-28)11-7-6-10(8-23-11)15(18(20,21)22)29-17-16(19)25-12-4-2-3-5-13(12)26-17/h2-9,15H,1H3. The number of halogens is 4. The second-order valence-corrected chi connectivity index (χ2v) is 6.40. The first-order valence-corrected chi connectivity index (χ1v) is 8.67. The lowest BCUT2D eigenvalue weighted by Crippen LogP contribution is -2.26. The fourth-order valence-corrected chi connectivity index (χ4v) is 2.83. The maximum absolute atomic E-state index is 13.7. The van der Waals surface area contributed by atoms with E-state index in [0.29, 0.717) is 22.4 Å². The van der Waals surface area contributed by atoms with Gasteiger partial charge in [-0.05, 0) is 18.2 Å². The highest BCUT2D eigenvalue weighted by atomic mass is 35.5. The van der Waals surface area contributed by atoms with Crippen LogP contribution in [0.15, 0.2) is 48.8 Å². The molecule has 0 amide bonds. The number of aryl methyl sites for hydroxylation is 1. The first kappa shape index (κ1) is 19.1. The zero-order chi connectivity index (χ0) is 20.6. The van der Waals surface area contributed by atoms with Crippen LogP contribution in [0.2, 0.25) is 5.15 Å². The average Bonchev–Trinajstić information content (AvgIpc) is 3.12. The van der Waals surface area contributed by atoms with Gasteiger partial charge in [0.05, 0.1) is 22.9 Å². The zero-order valence-corrected chi connectivity index (χ0v) is 15.6. The number of rotatable bonds is 4. The van der Waals surface area contributed by atoms with Crippen molar-refractivity contribution in [2.75, 3.05) is 0 Å². The smallest absolute Gasteiger partial charge is 0.429 e. The van der Waals surface area contributed by atoms with Crippen LogP contribution in [-0.4, -0.2) is 36.1 Å². The molecule has 1 unspecified atom stereocenters. The summed E-state index contributed by atoms with van der Waals surface area (Å²) < 4.78 is 46.2. The van der Waals surface area contributed by atoms with Gasteiger partial charge in [0.1, 0.15) is 5.69 Å². The van der Waals surface area contributed by atoms with Crippen LogP contribution in [0.5, 0.6) is 5.88 Å². The Kier molecular flexibility index (Phi) is 4.79. The number of para-hydroxylation sites is 2. The molecule has 148 valence electrons. The van der Waals surface area contributed by atoms with Crippen molar-refractivity contribution in [3.05, 3.63) is 59.5 Å². The molecule has 0 N–H and O–H groups in total. The minimum absolute atomic E-state index is 0.212. The fraction of sp³-hybridized carbons (Fsp3) is 0.167. The topological polar surface area (TPSA) is 78.6 Å². The molecule has 11 heteroatoms. The minimum atomic E-state index is -4.73. The van der Waals surface area contributed by atoms with Gasteiger partial charge < -0.3 is 4.74 Å². The number of hydrogen-bond acceptors (Lipinski definition) is 6. The molecule has 1 atom stereocenters. The molecule has 7 nitrogen and oxygen atoms in total. The van der Waals surface area contributed by atoms with Gasteiger partial charge in [0.2, 0.25) is 6.10 Å². The Morgan fingerprint density at radius 3 is 2.31 bits per heavy atom. The molecule has 0 bridgehead atoms. The lowest BCUT2D eigenvalue weighted by Gasteiger charge is -2.21. The molecule has 0 saturated heterocycles. The Morgan fingerprint density at radius 2 is 1.72 bits per heavy atom. The summed E-state index contributed by atoms with van der Waals surface area (Å²) in [6, 6.07) is 9.33. The highest BCUT2D eigenvalue weighted by Gasteiger charge is 2.44. The summed E-state index contributed by atoms with van der Waals surface area (Å²) in [5.41, 5.74) is 1.42. The van der Waals surface area contributed by atoms with Gasteiger partial charge in [-0.15, -0.1) is 0 Å². The maximum Gasteiger partial charge on any atom is 0.429 e. The van der Waals surface area contributed by atoms with Crippen LogP contribution in [0.4, 0.5) is 13.2 Å². The van der Waals surface area contributed by atoms with Crippen LogP contribution in [0.3, 0.4) is 0 Å². The molecule has 0 aliphatic carbocycles. The van der Waals surface area contributed by atoms with Crippen molar-refractivity contribution >= 4 is 22.6 Å². The Morgan fingerprint density at radius 1 is 1.00 bits per heavy atom. The van der Waals surface area contributed by atoms with Crippen LogP contribution in [-0.2, 0) is 7.05 Å². The van der Waals surface area contributed by atoms with Crippen molar-refractivity contribution in [3.63, 3.8) is 0 Å². The summed E-state index contributed by atoms with van der Waals surface area (Å²) in [6.07, 6.45) is -4.51. The van der Waals surface area contributed by atoms with E-state index in [1.807, 2.05) is 0 Å². The van der Waals surface area contributed by atoms with E-state index in [1.54, 1.807) is 31.3 Å². The maximum atomic E-state index is 13.7. The number of benzene rings is 1. The Labute approximate surface area is 167 Å². The summed E-state index contributed by atoms with van der Waals surface area (Å²) in [5.74, 6) is -0.411. The van der Waals surface area contributed by atoms with Crippen LogP contribution in [0.1, 0.15) is 11.7 Å². The number of pyridine rings is 1. The lowest BCUT2D eigenvalue weighted by molar-refractivity contribution is -0.198. The van der Waals surface area contributed by atoms with E-state index in [-0.39, 0.29) is 10.7 Å². The van der Waals surface area contributed by atoms with E-state index in [1.165, 1.54) is 23.1 Å². The van der Waals surface area contributed by atoms with Crippen LogP contribution >= 0.6 is 11.6 Å². The number of ether oxygens (including phenoxy) is 1. The SMILES string of the molecule is Cn1ncc(-c2ccc(C(Oc3nc4ccccc4nc3Cl)C(F)(F)F)cn2)n1. The monoisotopic (exact) mass is 420 g/mol. The van der Waals surface area contributed by atoms with Crippen molar-refractivity contribution < 1.29 is 17.9 Å². The molecule has 0 spiro atoms. The van der Waals surface area contributed by atoms with Gasteiger partial charge in [-0.1, -0.05) is 29.8 Å². The van der Waals surface area contributed by atoms with Gasteiger partial charge >= 0.3 is 6.18 Å². The Bertz CT molecular complexity index is 1160. The molecule has 0 saturated carbocycles. The molecule has 0 aliphatic rings. The van der Waals surface area contributed by atoms with E-state index in [0.717, 1.165) is 6.20 Å². The number of alkyl halides is 3. The third-order valence-electron chi connectivity index (χ3n) is 3.98. The molecule has 29 heavy (non-hydrogen) atoms. The van der Waals surface area contributed by atoms with Crippen LogP contribution in [0, 0.1) is 0 Å². The molecule has 0 aliphatic heterocycles. The van der Waals surface area contributed by atoms with Gasteiger partial charge in [0.15, 0.2) is 5.15 Å². The zero-order valence-electron chi connectivity index (χ0n) is 14.8. The van der Waals surface area contributed by atoms with Crippen LogP contribution < -0.4 is 4.74 Å². The van der Waals surface area contributed by atoms with E-state index in [2.05, 4.69) is 25.1 Å². The van der Waals surface area contributed by atoms with Crippen molar-refractivity contribution in [2.45, 2.75) is 12.3 Å². The normalized spacial score (nSPS) is 12.9. The highest BCUT2D eigenvalue weighted by Crippen LogP contribution is 2.38. The van der Waals surface area contributed by atoms with E-state index in [9.17, 15) is 13.2 Å². The van der Waals surface area contributed by atoms with Crippen molar-refractivity contribution in [2.24, 2.45) is 7.05 Å². The number of nitrogens with zero attached hydrogens (tertiary/aromatic N) is 6. The van der Waals surface area contributed by atoms with Crippen molar-refractivity contribution in [1.82, 2.24) is 29.9 Å². The predicted molar refractivity (Wildman–Crippen MR) is 98.2 cm³/mol. The van der Waals surface area contributed by atoms with Gasteiger partial charge in [-0.25, -0.2) is 9.97 Å². The number of fused-ring (bicyclic) bond motifs is 1. The second kappa shape index (κ2) is 7.28. The Hall–Kier alpha value is -3.27. The van der Waals surface area contributed by atoms with Gasteiger partial charge in [-0.3, -0.25) is 4.98 Å². The molecular formula is C18H12ClF3N6O. The van der Waals surface area contributed by atoms with Crippen molar-refractivity contribution in [3.8, 4) is 17.3 Å². The molecule has 4 rings (SSSR count). The largest absolute Gasteiger partial charge is 0.457 e. The van der Waals surface area contributed by atoms with Gasteiger partial charge in [-0.2, -0.15) is 28.2 Å². The predicted octanol–water partition coefficient (Wildman–Crippen LogP) is 4.16. The molecule has 3 heterocycles. The third kappa shape index (κ3) is 3.97. The van der Waals surface area contributed by atoms with Gasteiger partial charge in [0.25, 0.3) is 5.88 Å². The quantitative estimate of drug-likeness (QED) is 0.493. The molecule has 1 aromatic carbocycles. The molecular weight excluding hydrogens is 409 g/mol. The summed E-state index contributed by atoms with van der Waals surface area (Å²) in [7, 11) is 1.62. The highest BCUT2D eigenvalue weighted by molar-refractivity contribution is 6.31. The first-order valence-electron chi connectivity index (χ1n) is 8.29. The average molecular weight is 421 g/mol.